The van der Waals surface area contributed by atoms with Gasteiger partial charge in [-0.2, -0.15) is 0 Å². The summed E-state index contributed by atoms with van der Waals surface area (Å²) in [5, 5.41) is 0. The molecule has 2 aliphatic heterocycles. The zero-order chi connectivity index (χ0) is 18.4. The van der Waals surface area contributed by atoms with E-state index in [1.165, 1.54) is 0 Å². The first-order chi connectivity index (χ1) is 10.9. The summed E-state index contributed by atoms with van der Waals surface area (Å²) in [5.74, 6) is 1.10. The van der Waals surface area contributed by atoms with Crippen LogP contribution >= 0.6 is 0 Å². The maximum absolute atomic E-state index is 7.50. The van der Waals surface area contributed by atoms with Crippen LogP contribution < -0.4 is 0 Å². The van der Waals surface area contributed by atoms with E-state index >= 15 is 0 Å². The molecule has 0 aromatic carbocycles. The molecule has 0 aromatic heterocycles. The van der Waals surface area contributed by atoms with Crippen molar-refractivity contribution in [2.24, 2.45) is 5.92 Å². The molecular weight excluding hydrogens is 348 g/mol. The molecule has 2 rings (SSSR count). The molecule has 122 valence electrons. The maximum Gasteiger partial charge on any atom is 0 e. The fraction of sp³-hybridized carbons (Fsp3) is 0.429. The summed E-state index contributed by atoms with van der Waals surface area (Å²) < 4.78 is 53.2. The van der Waals surface area contributed by atoms with Crippen molar-refractivity contribution in [1.29, 1.82) is 0 Å². The van der Waals surface area contributed by atoms with Crippen LogP contribution in [0.2, 0.25) is 0 Å². The normalized spacial score (nSPS) is 17.6. The van der Waals surface area contributed by atoms with Crippen LogP contribution in [0.4, 0.5) is 0 Å². The third kappa shape index (κ3) is 16.9. The van der Waals surface area contributed by atoms with Crippen LogP contribution in [-0.4, -0.2) is 19.5 Å². The fourth-order valence-corrected chi connectivity index (χ4v) is 1.42. The monoisotopic (exact) mass is 360 g/mol. The van der Waals surface area contributed by atoms with Crippen LogP contribution in [0.25, 0.3) is 0 Å². The van der Waals surface area contributed by atoms with E-state index < -0.39 is 0 Å². The van der Waals surface area contributed by atoms with Crippen LogP contribution in [0.3, 0.4) is 0 Å². The Morgan fingerprint density at radius 1 is 1.09 bits per heavy atom. The maximum atomic E-state index is 7.50. The van der Waals surface area contributed by atoms with Crippen molar-refractivity contribution in [3.63, 3.8) is 0 Å². The van der Waals surface area contributed by atoms with Gasteiger partial charge in [0.25, 0.3) is 0 Å². The number of hydrogen-bond donors (Lipinski definition) is 0. The van der Waals surface area contributed by atoms with Crippen LogP contribution in [0.15, 0.2) is 11.8 Å². The minimum Gasteiger partial charge on any atom is 0 e. The molecule has 0 N–H and O–H groups in total. The zero-order valence-corrected chi connectivity index (χ0v) is 13.3. The SMILES string of the molecule is CCO[C]C1=C[C@@H]2CCO[C@@H]2O1.[C-]#[O+].[C-]#[O+].[C-]#[O+].[C-]#[O+].[C-]#[O+].[Cr]. The van der Waals surface area contributed by atoms with E-state index in [1.54, 1.807) is 0 Å². The molecule has 2 heterocycles. The molecule has 0 spiro atoms. The van der Waals surface area contributed by atoms with Gasteiger partial charge in [-0.15, -0.1) is 0 Å². The Morgan fingerprint density at radius 3 is 1.96 bits per heavy atom. The van der Waals surface area contributed by atoms with Crippen molar-refractivity contribution in [1.82, 2.24) is 0 Å². The van der Waals surface area contributed by atoms with Crippen LogP contribution in [0, 0.1) is 45.8 Å². The molecule has 8 nitrogen and oxygen atoms in total. The van der Waals surface area contributed by atoms with E-state index in [4.69, 9.17) is 37.5 Å². The van der Waals surface area contributed by atoms with Crippen molar-refractivity contribution in [3.05, 3.63) is 51.7 Å². The van der Waals surface area contributed by atoms with Crippen LogP contribution in [-0.2, 0) is 54.8 Å². The molecule has 1 saturated heterocycles. The van der Waals surface area contributed by atoms with Crippen molar-refractivity contribution in [2.45, 2.75) is 19.6 Å². The van der Waals surface area contributed by atoms with E-state index in [0.29, 0.717) is 18.3 Å². The summed E-state index contributed by atoms with van der Waals surface area (Å²) >= 11 is 0. The Bertz CT molecular complexity index is 334. The Morgan fingerprint density at radius 2 is 1.57 bits per heavy atom. The first kappa shape index (κ1) is 33.3. The fourth-order valence-electron chi connectivity index (χ4n) is 1.42. The molecule has 0 aliphatic carbocycles. The first-order valence-corrected chi connectivity index (χ1v) is 5.30. The molecule has 1 fully saturated rings. The molecule has 9 heteroatoms. The van der Waals surface area contributed by atoms with Crippen molar-refractivity contribution in [3.8, 4) is 0 Å². The van der Waals surface area contributed by atoms with Crippen molar-refractivity contribution in [2.75, 3.05) is 13.2 Å². The van der Waals surface area contributed by atoms with Gasteiger partial charge in [0.05, 0.1) is 6.61 Å². The molecule has 2 radical (unpaired) electrons. The Kier molecular flexibility index (Phi) is 47.2. The molecule has 0 aromatic rings. The Balaban J connectivity index is -0.0000000852. The van der Waals surface area contributed by atoms with Gasteiger partial charge in [-0.05, 0) is 19.4 Å². The minimum atomic E-state index is -0.0760. The summed E-state index contributed by atoms with van der Waals surface area (Å²) in [6, 6.07) is 0. The average Bonchev–Trinajstić information content (AvgIpc) is 3.23. The predicted octanol–water partition coefficient (Wildman–Crippen LogP) is 1.15. The number of rotatable bonds is 3. The van der Waals surface area contributed by atoms with E-state index in [9.17, 15) is 0 Å². The predicted molar refractivity (Wildman–Crippen MR) is 61.5 cm³/mol. The van der Waals surface area contributed by atoms with Gasteiger partial charge in [0.2, 0.25) is 12.9 Å². The Hall–Kier alpha value is -1.31. The molecule has 2 atom stereocenters. The number of ether oxygens (including phenoxy) is 3. The van der Waals surface area contributed by atoms with E-state index in [2.05, 4.69) is 39.9 Å². The van der Waals surface area contributed by atoms with Gasteiger partial charge in [0.15, 0.2) is 0 Å². The summed E-state index contributed by atoms with van der Waals surface area (Å²) in [6.45, 7) is 28.6. The second-order valence-electron chi connectivity index (χ2n) is 2.88. The first-order valence-electron chi connectivity index (χ1n) is 5.30. The van der Waals surface area contributed by atoms with Gasteiger partial charge in [-0.3, -0.25) is 0 Å². The molecule has 0 saturated carbocycles. The minimum absolute atomic E-state index is 0. The van der Waals surface area contributed by atoms with Gasteiger partial charge >= 0.3 is 56.5 Å². The average molecular weight is 360 g/mol. The van der Waals surface area contributed by atoms with E-state index in [-0.39, 0.29) is 23.7 Å². The summed E-state index contributed by atoms with van der Waals surface area (Å²) in [5.41, 5.74) is 0. The standard InChI is InChI=1S/C9H12O3.5CO.Cr/c1-2-10-6-8-5-7-3-4-11-9(7)12-8;5*1-2;/h5,7,9H,2-4H2,1H3;;;;;;/t7-,9+;;;;;;/m0....../s1. The smallest absolute Gasteiger partial charge is 0 e. The molecular formula is C14H12CrO8. The van der Waals surface area contributed by atoms with E-state index in [0.717, 1.165) is 13.0 Å². The van der Waals surface area contributed by atoms with Gasteiger partial charge in [0.1, 0.15) is 5.76 Å². The number of hydrogen-bond acceptors (Lipinski definition) is 3. The Labute approximate surface area is 145 Å². The number of fused-ring (bicyclic) bond motifs is 1. The van der Waals surface area contributed by atoms with E-state index in [1.807, 2.05) is 13.0 Å². The second kappa shape index (κ2) is 32.6. The van der Waals surface area contributed by atoms with Crippen LogP contribution in [0.1, 0.15) is 13.3 Å². The summed E-state index contributed by atoms with van der Waals surface area (Å²) in [7, 11) is 0. The second-order valence-corrected chi connectivity index (χ2v) is 2.88. The zero-order valence-electron chi connectivity index (χ0n) is 12.0. The van der Waals surface area contributed by atoms with Gasteiger partial charge in [0, 0.05) is 29.9 Å². The van der Waals surface area contributed by atoms with Gasteiger partial charge in [-0.25, -0.2) is 0 Å². The largest absolute Gasteiger partial charge is 0 e. The van der Waals surface area contributed by atoms with Crippen LogP contribution in [0.5, 0.6) is 0 Å². The molecule has 2 aliphatic rings. The summed E-state index contributed by atoms with van der Waals surface area (Å²) in [6.07, 6.45) is 2.99. The molecule has 23 heavy (non-hydrogen) atoms. The van der Waals surface area contributed by atoms with Gasteiger partial charge in [-0.1, -0.05) is 0 Å². The topological polar surface area (TPSA) is 127 Å². The molecule has 0 unspecified atom stereocenters. The van der Waals surface area contributed by atoms with Crippen molar-refractivity contribution < 1.29 is 54.8 Å². The third-order valence-electron chi connectivity index (χ3n) is 2.01. The summed E-state index contributed by atoms with van der Waals surface area (Å²) in [4.78, 5) is 0. The third-order valence-corrected chi connectivity index (χ3v) is 2.01. The van der Waals surface area contributed by atoms with Crippen molar-refractivity contribution >= 4 is 0 Å². The quantitative estimate of drug-likeness (QED) is 0.553. The molecule has 0 amide bonds. The molecule has 0 bridgehead atoms. The van der Waals surface area contributed by atoms with Gasteiger partial charge < -0.3 is 14.2 Å².